The Morgan fingerprint density at radius 1 is 0.950 bits per heavy atom. The van der Waals surface area contributed by atoms with E-state index in [2.05, 4.69) is 21.2 Å². The van der Waals surface area contributed by atoms with E-state index in [9.17, 15) is 22.4 Å². The second kappa shape index (κ2) is 5.62. The lowest BCUT2D eigenvalue weighted by atomic mass is 10.1. The highest BCUT2D eigenvalue weighted by Crippen LogP contribution is 2.21. The molecule has 2 rings (SSSR count). The summed E-state index contributed by atoms with van der Waals surface area (Å²) < 4.78 is 52.9. The summed E-state index contributed by atoms with van der Waals surface area (Å²) in [4.78, 5) is 11.7. The fraction of sp³-hybridized carbons (Fsp3) is 0. The Morgan fingerprint density at radius 2 is 1.55 bits per heavy atom. The number of hydrogen-bond donors (Lipinski definition) is 1. The third-order valence-electron chi connectivity index (χ3n) is 2.41. The highest BCUT2D eigenvalue weighted by atomic mass is 79.9. The van der Waals surface area contributed by atoms with Gasteiger partial charge in [0.2, 0.25) is 0 Å². The van der Waals surface area contributed by atoms with E-state index in [0.29, 0.717) is 12.1 Å². The number of rotatable bonds is 2. The van der Waals surface area contributed by atoms with Gasteiger partial charge in [-0.05, 0) is 34.1 Å². The first-order valence-corrected chi connectivity index (χ1v) is 6.08. The van der Waals surface area contributed by atoms with Gasteiger partial charge in [0, 0.05) is 17.8 Å². The maximum absolute atomic E-state index is 13.4. The lowest BCUT2D eigenvalue weighted by Gasteiger charge is -2.08. The molecule has 1 amide bonds. The summed E-state index contributed by atoms with van der Waals surface area (Å²) in [5.41, 5.74) is -0.923. The Hall–Kier alpha value is -1.89. The lowest BCUT2D eigenvalue weighted by molar-refractivity contribution is 0.101. The summed E-state index contributed by atoms with van der Waals surface area (Å²) in [5, 5.41) is 2.13. The van der Waals surface area contributed by atoms with Gasteiger partial charge >= 0.3 is 0 Å². The predicted octanol–water partition coefficient (Wildman–Crippen LogP) is 4.26. The topological polar surface area (TPSA) is 29.1 Å². The van der Waals surface area contributed by atoms with Gasteiger partial charge in [-0.15, -0.1) is 0 Å². The molecule has 0 radical (unpaired) electrons. The maximum atomic E-state index is 13.4. The first-order valence-electron chi connectivity index (χ1n) is 5.29. The molecular weight excluding hydrogens is 342 g/mol. The molecule has 0 spiro atoms. The molecule has 0 atom stereocenters. The molecule has 0 fully saturated rings. The molecule has 1 N–H and O–H groups in total. The van der Waals surface area contributed by atoms with E-state index in [0.717, 1.165) is 6.07 Å². The maximum Gasteiger partial charge on any atom is 0.261 e. The van der Waals surface area contributed by atoms with Crippen molar-refractivity contribution in [3.8, 4) is 0 Å². The summed E-state index contributed by atoms with van der Waals surface area (Å²) in [6.07, 6.45) is 0. The SMILES string of the molecule is O=C(Nc1ccc(Br)c(F)c1)c1c(F)cc(F)cc1F. The van der Waals surface area contributed by atoms with E-state index in [4.69, 9.17) is 0 Å². The summed E-state index contributed by atoms with van der Waals surface area (Å²) in [7, 11) is 0. The standard InChI is InChI=1S/C13H6BrF4NO/c14-8-2-1-7(5-9(8)16)19-13(20)12-10(17)3-6(15)4-11(12)18/h1-5H,(H,19,20). The zero-order valence-electron chi connectivity index (χ0n) is 9.68. The zero-order chi connectivity index (χ0) is 14.9. The summed E-state index contributed by atoms with van der Waals surface area (Å²) in [6, 6.07) is 4.41. The van der Waals surface area contributed by atoms with Crippen molar-refractivity contribution in [2.75, 3.05) is 5.32 Å². The molecule has 0 heterocycles. The summed E-state index contributed by atoms with van der Waals surface area (Å²) in [5.74, 6) is -5.59. The average Bonchev–Trinajstić information content (AvgIpc) is 2.32. The number of hydrogen-bond acceptors (Lipinski definition) is 1. The Kier molecular flexibility index (Phi) is 4.08. The van der Waals surface area contributed by atoms with Crippen LogP contribution in [0.2, 0.25) is 0 Å². The fourth-order valence-electron chi connectivity index (χ4n) is 1.53. The highest BCUT2D eigenvalue weighted by Gasteiger charge is 2.19. The van der Waals surface area contributed by atoms with Crippen LogP contribution < -0.4 is 5.32 Å². The number of anilines is 1. The minimum atomic E-state index is -1.34. The molecule has 0 bridgehead atoms. The van der Waals surface area contributed by atoms with Crippen molar-refractivity contribution in [2.45, 2.75) is 0 Å². The monoisotopic (exact) mass is 347 g/mol. The number of carbonyl (C=O) groups excluding carboxylic acids is 1. The van der Waals surface area contributed by atoms with Crippen LogP contribution in [0.1, 0.15) is 10.4 Å². The molecule has 0 aliphatic carbocycles. The number of benzene rings is 2. The number of halogens is 5. The second-order valence-electron chi connectivity index (χ2n) is 3.83. The van der Waals surface area contributed by atoms with Gasteiger partial charge in [0.05, 0.1) is 4.47 Å². The molecule has 2 nitrogen and oxygen atoms in total. The Morgan fingerprint density at radius 3 is 2.10 bits per heavy atom. The molecule has 7 heteroatoms. The number of amides is 1. The molecular formula is C13H6BrF4NO. The van der Waals surface area contributed by atoms with Crippen LogP contribution in [0, 0.1) is 23.3 Å². The first kappa shape index (κ1) is 14.5. The first-order chi connectivity index (χ1) is 9.38. The molecule has 0 unspecified atom stereocenters. The molecule has 0 saturated carbocycles. The molecule has 0 aromatic heterocycles. The Balaban J connectivity index is 2.31. The van der Waals surface area contributed by atoms with E-state index in [1.54, 1.807) is 0 Å². The fourth-order valence-corrected chi connectivity index (χ4v) is 1.77. The normalized spacial score (nSPS) is 10.4. The highest BCUT2D eigenvalue weighted by molar-refractivity contribution is 9.10. The summed E-state index contributed by atoms with van der Waals surface area (Å²) >= 11 is 2.92. The lowest BCUT2D eigenvalue weighted by Crippen LogP contribution is -2.16. The molecule has 0 aliphatic rings. The van der Waals surface area contributed by atoms with Crippen molar-refractivity contribution in [3.63, 3.8) is 0 Å². The van der Waals surface area contributed by atoms with E-state index in [1.807, 2.05) is 0 Å². The Bertz CT molecular complexity index is 667. The quantitative estimate of drug-likeness (QED) is 0.808. The van der Waals surface area contributed by atoms with Gasteiger partial charge in [-0.3, -0.25) is 4.79 Å². The van der Waals surface area contributed by atoms with Crippen LogP contribution in [-0.4, -0.2) is 5.91 Å². The predicted molar refractivity (Wildman–Crippen MR) is 68.4 cm³/mol. The van der Waals surface area contributed by atoms with Crippen LogP contribution in [0.25, 0.3) is 0 Å². The van der Waals surface area contributed by atoms with E-state index in [1.165, 1.54) is 12.1 Å². The van der Waals surface area contributed by atoms with Gasteiger partial charge in [0.25, 0.3) is 5.91 Å². The van der Waals surface area contributed by atoms with E-state index in [-0.39, 0.29) is 10.2 Å². The van der Waals surface area contributed by atoms with Gasteiger partial charge in [-0.25, -0.2) is 17.6 Å². The van der Waals surface area contributed by atoms with Gasteiger partial charge in [0.1, 0.15) is 28.8 Å². The van der Waals surface area contributed by atoms with Crippen LogP contribution in [0.15, 0.2) is 34.8 Å². The smallest absolute Gasteiger partial charge is 0.261 e. The van der Waals surface area contributed by atoms with Gasteiger partial charge in [0.15, 0.2) is 0 Å². The Labute approximate surface area is 119 Å². The van der Waals surface area contributed by atoms with Crippen LogP contribution in [0.5, 0.6) is 0 Å². The molecule has 0 aliphatic heterocycles. The van der Waals surface area contributed by atoms with Crippen LogP contribution in [-0.2, 0) is 0 Å². The van der Waals surface area contributed by atoms with E-state index < -0.39 is 34.7 Å². The number of nitrogens with one attached hydrogen (secondary N) is 1. The third-order valence-corrected chi connectivity index (χ3v) is 3.05. The third kappa shape index (κ3) is 2.98. The minimum absolute atomic E-state index is 0.0128. The van der Waals surface area contributed by atoms with Crippen molar-refractivity contribution >= 4 is 27.5 Å². The zero-order valence-corrected chi connectivity index (χ0v) is 11.3. The summed E-state index contributed by atoms with van der Waals surface area (Å²) in [6.45, 7) is 0. The molecule has 2 aromatic carbocycles. The minimum Gasteiger partial charge on any atom is -0.322 e. The molecule has 20 heavy (non-hydrogen) atoms. The van der Waals surface area contributed by atoms with Gasteiger partial charge < -0.3 is 5.32 Å². The average molecular weight is 348 g/mol. The van der Waals surface area contributed by atoms with Crippen molar-refractivity contribution in [1.82, 2.24) is 0 Å². The van der Waals surface area contributed by atoms with Crippen molar-refractivity contribution in [1.29, 1.82) is 0 Å². The van der Waals surface area contributed by atoms with Crippen LogP contribution >= 0.6 is 15.9 Å². The molecule has 0 saturated heterocycles. The van der Waals surface area contributed by atoms with Crippen molar-refractivity contribution < 1.29 is 22.4 Å². The van der Waals surface area contributed by atoms with Gasteiger partial charge in [-0.1, -0.05) is 0 Å². The van der Waals surface area contributed by atoms with Crippen molar-refractivity contribution in [3.05, 3.63) is 63.6 Å². The van der Waals surface area contributed by atoms with E-state index >= 15 is 0 Å². The second-order valence-corrected chi connectivity index (χ2v) is 4.68. The van der Waals surface area contributed by atoms with Crippen molar-refractivity contribution in [2.24, 2.45) is 0 Å². The molecule has 104 valence electrons. The number of carbonyl (C=O) groups is 1. The van der Waals surface area contributed by atoms with Crippen LogP contribution in [0.3, 0.4) is 0 Å². The van der Waals surface area contributed by atoms with Gasteiger partial charge in [-0.2, -0.15) is 0 Å². The largest absolute Gasteiger partial charge is 0.322 e. The van der Waals surface area contributed by atoms with Crippen LogP contribution in [0.4, 0.5) is 23.2 Å². The molecule has 2 aromatic rings.